The zero-order chi connectivity index (χ0) is 13.3. The van der Waals surface area contributed by atoms with E-state index in [2.05, 4.69) is 22.1 Å². The fraction of sp³-hybridized carbons (Fsp3) is 0.467. The Hall–Kier alpha value is -1.26. The van der Waals surface area contributed by atoms with E-state index < -0.39 is 0 Å². The highest BCUT2D eigenvalue weighted by molar-refractivity contribution is 7.15. The van der Waals surface area contributed by atoms with Crippen LogP contribution < -0.4 is 0 Å². The fourth-order valence-corrected chi connectivity index (χ4v) is 3.41. The molecule has 2 heterocycles. The Morgan fingerprint density at radius 3 is 2.84 bits per heavy atom. The van der Waals surface area contributed by atoms with Gasteiger partial charge < -0.3 is 5.11 Å². The van der Waals surface area contributed by atoms with Crippen molar-refractivity contribution >= 4 is 11.3 Å². The summed E-state index contributed by atoms with van der Waals surface area (Å²) >= 11 is 1.77. The minimum absolute atomic E-state index is 0.379. The van der Waals surface area contributed by atoms with Gasteiger partial charge in [-0.05, 0) is 57.2 Å². The van der Waals surface area contributed by atoms with Crippen LogP contribution in [-0.4, -0.2) is 20.7 Å². The SMILES string of the molecule is Cc1nccc(-c2ccc(CCC3(O)CCC3)s2)n1. The zero-order valence-electron chi connectivity index (χ0n) is 11.1. The van der Waals surface area contributed by atoms with Crippen LogP contribution in [0.3, 0.4) is 0 Å². The van der Waals surface area contributed by atoms with Crippen LogP contribution in [0.25, 0.3) is 10.6 Å². The second-order valence-electron chi connectivity index (χ2n) is 5.33. The molecule has 0 amide bonds. The Morgan fingerprint density at radius 2 is 2.16 bits per heavy atom. The molecule has 19 heavy (non-hydrogen) atoms. The van der Waals surface area contributed by atoms with Crippen molar-refractivity contribution in [2.75, 3.05) is 0 Å². The van der Waals surface area contributed by atoms with Crippen molar-refractivity contribution in [3.8, 4) is 10.6 Å². The summed E-state index contributed by atoms with van der Waals surface area (Å²) in [6.45, 7) is 1.91. The maximum atomic E-state index is 10.1. The van der Waals surface area contributed by atoms with Crippen LogP contribution in [-0.2, 0) is 6.42 Å². The molecular weight excluding hydrogens is 256 g/mol. The van der Waals surface area contributed by atoms with E-state index >= 15 is 0 Å². The fourth-order valence-electron chi connectivity index (χ4n) is 2.43. The van der Waals surface area contributed by atoms with E-state index in [-0.39, 0.29) is 5.60 Å². The normalized spacial score (nSPS) is 17.2. The minimum atomic E-state index is -0.379. The van der Waals surface area contributed by atoms with Crippen LogP contribution in [0.2, 0.25) is 0 Å². The summed E-state index contributed by atoms with van der Waals surface area (Å²) in [6.07, 6.45) is 6.76. The van der Waals surface area contributed by atoms with Gasteiger partial charge in [-0.2, -0.15) is 0 Å². The summed E-state index contributed by atoms with van der Waals surface area (Å²) in [5.74, 6) is 0.802. The molecule has 0 aromatic carbocycles. The lowest BCUT2D eigenvalue weighted by atomic mass is 9.77. The number of aliphatic hydroxyl groups is 1. The van der Waals surface area contributed by atoms with Crippen molar-refractivity contribution in [2.24, 2.45) is 0 Å². The average molecular weight is 274 g/mol. The van der Waals surface area contributed by atoms with Gasteiger partial charge in [-0.15, -0.1) is 11.3 Å². The third-order valence-electron chi connectivity index (χ3n) is 3.81. The number of hydrogen-bond donors (Lipinski definition) is 1. The monoisotopic (exact) mass is 274 g/mol. The number of rotatable bonds is 4. The summed E-state index contributed by atoms with van der Waals surface area (Å²) in [4.78, 5) is 11.1. The van der Waals surface area contributed by atoms with Crippen LogP contribution >= 0.6 is 11.3 Å². The third-order valence-corrected chi connectivity index (χ3v) is 4.98. The summed E-state index contributed by atoms with van der Waals surface area (Å²) in [7, 11) is 0. The molecule has 2 aromatic rings. The van der Waals surface area contributed by atoms with Crippen molar-refractivity contribution in [1.82, 2.24) is 9.97 Å². The second kappa shape index (κ2) is 5.02. The van der Waals surface area contributed by atoms with Gasteiger partial charge in [0.2, 0.25) is 0 Å². The van der Waals surface area contributed by atoms with Gasteiger partial charge in [0.05, 0.1) is 16.2 Å². The third kappa shape index (κ3) is 2.85. The highest BCUT2D eigenvalue weighted by Gasteiger charge is 2.33. The molecule has 0 bridgehead atoms. The van der Waals surface area contributed by atoms with Gasteiger partial charge in [-0.25, -0.2) is 9.97 Å². The number of thiophene rings is 1. The van der Waals surface area contributed by atoms with Crippen molar-refractivity contribution in [3.05, 3.63) is 35.1 Å². The van der Waals surface area contributed by atoms with Crippen LogP contribution in [0, 0.1) is 6.92 Å². The number of aryl methyl sites for hydroxylation is 2. The minimum Gasteiger partial charge on any atom is -0.390 e. The molecule has 0 aliphatic heterocycles. The van der Waals surface area contributed by atoms with Crippen LogP contribution in [0.15, 0.2) is 24.4 Å². The van der Waals surface area contributed by atoms with Crippen molar-refractivity contribution in [1.29, 1.82) is 0 Å². The van der Waals surface area contributed by atoms with E-state index in [0.29, 0.717) is 0 Å². The van der Waals surface area contributed by atoms with Gasteiger partial charge in [0.1, 0.15) is 5.82 Å². The predicted octanol–water partition coefficient (Wildman–Crippen LogP) is 3.36. The highest BCUT2D eigenvalue weighted by Crippen LogP contribution is 2.36. The first-order chi connectivity index (χ1) is 9.15. The molecule has 1 fully saturated rings. The maximum absolute atomic E-state index is 10.1. The van der Waals surface area contributed by atoms with Crippen LogP contribution in [0.4, 0.5) is 0 Å². The molecule has 0 saturated heterocycles. The van der Waals surface area contributed by atoms with Gasteiger partial charge in [-0.3, -0.25) is 0 Å². The quantitative estimate of drug-likeness (QED) is 0.930. The van der Waals surface area contributed by atoms with E-state index in [9.17, 15) is 5.11 Å². The first kappa shape index (κ1) is 12.8. The predicted molar refractivity (Wildman–Crippen MR) is 77.2 cm³/mol. The molecule has 4 heteroatoms. The lowest BCUT2D eigenvalue weighted by Crippen LogP contribution is -2.36. The van der Waals surface area contributed by atoms with Crippen molar-refractivity contribution in [3.63, 3.8) is 0 Å². The number of hydrogen-bond acceptors (Lipinski definition) is 4. The molecule has 1 N–H and O–H groups in total. The van der Waals surface area contributed by atoms with E-state index in [1.54, 1.807) is 17.5 Å². The van der Waals surface area contributed by atoms with Gasteiger partial charge in [0.25, 0.3) is 0 Å². The standard InChI is InChI=1S/C15H18N2OS/c1-11-16-10-6-13(17-11)14-4-3-12(19-14)5-9-15(18)7-2-8-15/h3-4,6,10,18H,2,5,7-9H2,1H3. The van der Waals surface area contributed by atoms with Gasteiger partial charge in [0, 0.05) is 11.1 Å². The number of nitrogens with zero attached hydrogens (tertiary/aromatic N) is 2. The van der Waals surface area contributed by atoms with E-state index in [0.717, 1.165) is 37.2 Å². The maximum Gasteiger partial charge on any atom is 0.125 e. The second-order valence-corrected chi connectivity index (χ2v) is 6.50. The van der Waals surface area contributed by atoms with E-state index in [4.69, 9.17) is 0 Å². The molecule has 0 unspecified atom stereocenters. The molecule has 1 aliphatic carbocycles. The summed E-state index contributed by atoms with van der Waals surface area (Å²) in [5, 5.41) is 10.1. The highest BCUT2D eigenvalue weighted by atomic mass is 32.1. The molecule has 3 rings (SSSR count). The smallest absolute Gasteiger partial charge is 0.125 e. The summed E-state index contributed by atoms with van der Waals surface area (Å²) in [5.41, 5.74) is 0.612. The van der Waals surface area contributed by atoms with Crippen LogP contribution in [0.5, 0.6) is 0 Å². The molecule has 3 nitrogen and oxygen atoms in total. The molecule has 1 saturated carbocycles. The molecule has 0 atom stereocenters. The topological polar surface area (TPSA) is 46.0 Å². The van der Waals surface area contributed by atoms with Gasteiger partial charge in [0.15, 0.2) is 0 Å². The molecule has 100 valence electrons. The van der Waals surface area contributed by atoms with Crippen molar-refractivity contribution in [2.45, 2.75) is 44.6 Å². The first-order valence-electron chi connectivity index (χ1n) is 6.76. The van der Waals surface area contributed by atoms with Crippen molar-refractivity contribution < 1.29 is 5.11 Å². The van der Waals surface area contributed by atoms with E-state index in [1.165, 1.54) is 16.2 Å². The Kier molecular flexibility index (Phi) is 3.37. The Balaban J connectivity index is 1.69. The first-order valence-corrected chi connectivity index (χ1v) is 7.57. The molecule has 0 radical (unpaired) electrons. The van der Waals surface area contributed by atoms with Crippen LogP contribution in [0.1, 0.15) is 36.4 Å². The Morgan fingerprint density at radius 1 is 1.32 bits per heavy atom. The lowest BCUT2D eigenvalue weighted by Gasteiger charge is -2.36. The Bertz CT molecular complexity index is 575. The number of aromatic nitrogens is 2. The van der Waals surface area contributed by atoms with Gasteiger partial charge in [-0.1, -0.05) is 0 Å². The average Bonchev–Trinajstić information content (AvgIpc) is 2.83. The molecule has 2 aromatic heterocycles. The summed E-state index contributed by atoms with van der Waals surface area (Å²) < 4.78 is 0. The van der Waals surface area contributed by atoms with Gasteiger partial charge >= 0.3 is 0 Å². The largest absolute Gasteiger partial charge is 0.390 e. The van der Waals surface area contributed by atoms with E-state index in [1.807, 2.05) is 13.0 Å². The lowest BCUT2D eigenvalue weighted by molar-refractivity contribution is -0.0396. The zero-order valence-corrected chi connectivity index (χ0v) is 11.9. The molecule has 1 aliphatic rings. The molecular formula is C15H18N2OS. The summed E-state index contributed by atoms with van der Waals surface area (Å²) in [6, 6.07) is 6.22. The molecule has 0 spiro atoms. The Labute approximate surface area is 117 Å².